The van der Waals surface area contributed by atoms with E-state index in [2.05, 4.69) is 11.4 Å². The van der Waals surface area contributed by atoms with E-state index < -0.39 is 0 Å². The maximum atomic E-state index is 10.8. The van der Waals surface area contributed by atoms with Gasteiger partial charge in [0, 0.05) is 31.9 Å². The Bertz CT molecular complexity index is 531. The largest absolute Gasteiger partial charge is 0.497 e. The van der Waals surface area contributed by atoms with Gasteiger partial charge in [0.25, 0.3) is 0 Å². The molecule has 2 aromatic rings. The van der Waals surface area contributed by atoms with Crippen molar-refractivity contribution in [2.24, 2.45) is 0 Å². The molecule has 4 heteroatoms. The number of fused-ring (bicyclic) bond motifs is 1. The van der Waals surface area contributed by atoms with Crippen LogP contribution in [0.25, 0.3) is 5.52 Å². The van der Waals surface area contributed by atoms with Crippen LogP contribution in [-0.4, -0.2) is 24.0 Å². The summed E-state index contributed by atoms with van der Waals surface area (Å²) in [5.74, 6) is 0.850. The number of hydrogen-bond acceptors (Lipinski definition) is 2. The first-order valence-electron chi connectivity index (χ1n) is 5.58. The van der Waals surface area contributed by atoms with Gasteiger partial charge in [-0.3, -0.25) is 4.79 Å². The summed E-state index contributed by atoms with van der Waals surface area (Å²) >= 11 is 0. The smallest absolute Gasteiger partial charge is 0.216 e. The highest BCUT2D eigenvalue weighted by molar-refractivity contribution is 5.72. The van der Waals surface area contributed by atoms with Crippen LogP contribution in [-0.2, 0) is 11.2 Å². The third-order valence-corrected chi connectivity index (χ3v) is 2.73. The number of amides is 1. The summed E-state index contributed by atoms with van der Waals surface area (Å²) in [4.78, 5) is 10.8. The quantitative estimate of drug-likeness (QED) is 0.870. The molecule has 0 atom stereocenters. The molecule has 0 aliphatic heterocycles. The van der Waals surface area contributed by atoms with Crippen LogP contribution in [0.3, 0.4) is 0 Å². The Morgan fingerprint density at radius 2 is 2.18 bits per heavy atom. The minimum absolute atomic E-state index is 0.00564. The maximum Gasteiger partial charge on any atom is 0.216 e. The molecule has 0 bridgehead atoms. The lowest BCUT2D eigenvalue weighted by Gasteiger charge is -2.04. The second kappa shape index (κ2) is 4.91. The number of pyridine rings is 1. The molecule has 0 saturated heterocycles. The monoisotopic (exact) mass is 232 g/mol. The lowest BCUT2D eigenvalue weighted by Crippen LogP contribution is -2.22. The van der Waals surface area contributed by atoms with Crippen molar-refractivity contribution in [2.45, 2.75) is 13.3 Å². The molecule has 2 rings (SSSR count). The summed E-state index contributed by atoms with van der Waals surface area (Å²) in [5.41, 5.74) is 2.33. The van der Waals surface area contributed by atoms with E-state index in [-0.39, 0.29) is 5.91 Å². The molecule has 4 nitrogen and oxygen atoms in total. The van der Waals surface area contributed by atoms with Crippen molar-refractivity contribution >= 4 is 11.4 Å². The highest BCUT2D eigenvalue weighted by atomic mass is 16.5. The van der Waals surface area contributed by atoms with E-state index in [1.54, 1.807) is 7.11 Å². The van der Waals surface area contributed by atoms with Gasteiger partial charge >= 0.3 is 0 Å². The Balaban J connectivity index is 2.19. The van der Waals surface area contributed by atoms with Crippen LogP contribution in [0.4, 0.5) is 0 Å². The third kappa shape index (κ3) is 2.58. The second-order valence-electron chi connectivity index (χ2n) is 3.93. The van der Waals surface area contributed by atoms with Gasteiger partial charge in [-0.2, -0.15) is 0 Å². The summed E-state index contributed by atoms with van der Waals surface area (Å²) < 4.78 is 7.25. The van der Waals surface area contributed by atoms with Crippen LogP contribution < -0.4 is 10.1 Å². The molecule has 0 saturated carbocycles. The van der Waals surface area contributed by atoms with E-state index in [1.807, 2.05) is 28.9 Å². The van der Waals surface area contributed by atoms with Crippen molar-refractivity contribution in [1.29, 1.82) is 0 Å². The molecular formula is C13H16N2O2. The second-order valence-corrected chi connectivity index (χ2v) is 3.93. The molecule has 0 aliphatic carbocycles. The van der Waals surface area contributed by atoms with Gasteiger partial charge < -0.3 is 14.5 Å². The van der Waals surface area contributed by atoms with Crippen LogP contribution in [0.1, 0.15) is 12.5 Å². The van der Waals surface area contributed by atoms with E-state index in [9.17, 15) is 4.79 Å². The van der Waals surface area contributed by atoms with Crippen molar-refractivity contribution in [3.63, 3.8) is 0 Å². The number of carbonyl (C=O) groups is 1. The molecule has 0 unspecified atom stereocenters. The average molecular weight is 232 g/mol. The average Bonchev–Trinajstić information content (AvgIpc) is 2.71. The summed E-state index contributed by atoms with van der Waals surface area (Å²) in [6.45, 7) is 2.19. The van der Waals surface area contributed by atoms with Crippen LogP contribution in [0.5, 0.6) is 5.75 Å². The highest BCUT2D eigenvalue weighted by Crippen LogP contribution is 2.19. The summed E-state index contributed by atoms with van der Waals surface area (Å²) in [7, 11) is 1.66. The number of aromatic nitrogens is 1. The van der Waals surface area contributed by atoms with Gasteiger partial charge in [-0.15, -0.1) is 0 Å². The molecule has 0 aliphatic rings. The molecule has 0 fully saturated rings. The van der Waals surface area contributed by atoms with E-state index in [4.69, 9.17) is 4.74 Å². The van der Waals surface area contributed by atoms with E-state index in [0.29, 0.717) is 6.54 Å². The van der Waals surface area contributed by atoms with E-state index >= 15 is 0 Å². The zero-order valence-corrected chi connectivity index (χ0v) is 10.1. The van der Waals surface area contributed by atoms with Gasteiger partial charge in [0.2, 0.25) is 5.91 Å². The van der Waals surface area contributed by atoms with Gasteiger partial charge in [0.15, 0.2) is 0 Å². The van der Waals surface area contributed by atoms with Crippen LogP contribution in [0.15, 0.2) is 30.6 Å². The summed E-state index contributed by atoms with van der Waals surface area (Å²) in [6.07, 6.45) is 4.80. The van der Waals surface area contributed by atoms with Gasteiger partial charge in [-0.05, 0) is 24.1 Å². The number of nitrogens with zero attached hydrogens (tertiary/aromatic N) is 1. The van der Waals surface area contributed by atoms with E-state index in [1.165, 1.54) is 12.5 Å². The Labute approximate surface area is 100 Å². The Kier molecular flexibility index (Phi) is 3.32. The molecule has 17 heavy (non-hydrogen) atoms. The SMILES string of the molecule is COc1ccn2ccc(CCNC(C)=O)c2c1. The van der Waals surface area contributed by atoms with Crippen LogP contribution in [0.2, 0.25) is 0 Å². The van der Waals surface area contributed by atoms with Gasteiger partial charge in [-0.1, -0.05) is 0 Å². The predicted octanol–water partition coefficient (Wildman–Crippen LogP) is 1.63. The van der Waals surface area contributed by atoms with Crippen molar-refractivity contribution in [3.05, 3.63) is 36.2 Å². The molecular weight excluding hydrogens is 216 g/mol. The molecule has 90 valence electrons. The first-order valence-corrected chi connectivity index (χ1v) is 5.58. The van der Waals surface area contributed by atoms with Crippen LogP contribution in [0, 0.1) is 0 Å². The molecule has 2 heterocycles. The first-order chi connectivity index (χ1) is 8.20. The normalized spacial score (nSPS) is 10.5. The molecule has 0 aromatic carbocycles. The fourth-order valence-electron chi connectivity index (χ4n) is 1.85. The van der Waals surface area contributed by atoms with Gasteiger partial charge in [0.1, 0.15) is 5.75 Å². The highest BCUT2D eigenvalue weighted by Gasteiger charge is 2.04. The number of nitrogens with one attached hydrogen (secondary N) is 1. The Hall–Kier alpha value is -1.97. The van der Waals surface area contributed by atoms with E-state index in [0.717, 1.165) is 17.7 Å². The third-order valence-electron chi connectivity index (χ3n) is 2.73. The Morgan fingerprint density at radius 1 is 1.41 bits per heavy atom. The molecule has 0 radical (unpaired) electrons. The molecule has 2 aromatic heterocycles. The molecule has 1 N–H and O–H groups in total. The minimum Gasteiger partial charge on any atom is -0.497 e. The zero-order valence-electron chi connectivity index (χ0n) is 10.1. The fourth-order valence-corrected chi connectivity index (χ4v) is 1.85. The molecule has 0 spiro atoms. The maximum absolute atomic E-state index is 10.8. The lowest BCUT2D eigenvalue weighted by molar-refractivity contribution is -0.118. The number of ether oxygens (including phenoxy) is 1. The van der Waals surface area contributed by atoms with Crippen molar-refractivity contribution < 1.29 is 9.53 Å². The van der Waals surface area contributed by atoms with Crippen molar-refractivity contribution in [2.75, 3.05) is 13.7 Å². The Morgan fingerprint density at radius 3 is 2.88 bits per heavy atom. The fraction of sp³-hybridized carbons (Fsp3) is 0.308. The number of hydrogen-bond donors (Lipinski definition) is 1. The zero-order chi connectivity index (χ0) is 12.3. The van der Waals surface area contributed by atoms with Crippen molar-refractivity contribution in [1.82, 2.24) is 9.72 Å². The van der Waals surface area contributed by atoms with Gasteiger partial charge in [-0.25, -0.2) is 0 Å². The number of carbonyl (C=O) groups excluding carboxylic acids is 1. The minimum atomic E-state index is 0.00564. The molecule has 1 amide bonds. The summed E-state index contributed by atoms with van der Waals surface area (Å²) in [5, 5.41) is 2.80. The lowest BCUT2D eigenvalue weighted by atomic mass is 10.2. The van der Waals surface area contributed by atoms with Crippen molar-refractivity contribution in [3.8, 4) is 5.75 Å². The number of rotatable bonds is 4. The summed E-state index contributed by atoms with van der Waals surface area (Å²) in [6, 6.07) is 5.99. The standard InChI is InChI=1S/C13H16N2O2/c1-10(16)14-6-3-11-4-7-15-8-5-12(17-2)9-13(11)15/h4-5,7-9H,3,6H2,1-2H3,(H,14,16). The van der Waals surface area contributed by atoms with Crippen LogP contribution >= 0.6 is 0 Å². The van der Waals surface area contributed by atoms with Gasteiger partial charge in [0.05, 0.1) is 12.6 Å². The predicted molar refractivity (Wildman–Crippen MR) is 66.3 cm³/mol. The number of methoxy groups -OCH3 is 1. The topological polar surface area (TPSA) is 42.7 Å². The first kappa shape index (κ1) is 11.5.